The van der Waals surface area contributed by atoms with Gasteiger partial charge in [0.15, 0.2) is 0 Å². The van der Waals surface area contributed by atoms with Crippen LogP contribution in [0.3, 0.4) is 0 Å². The fourth-order valence-electron chi connectivity index (χ4n) is 1.12. The first-order valence-corrected chi connectivity index (χ1v) is 3.64. The molecule has 0 aromatic carbocycles. The van der Waals surface area contributed by atoms with Gasteiger partial charge in [0.2, 0.25) is 0 Å². The first-order chi connectivity index (χ1) is 5.07. The fraction of sp³-hybridized carbons (Fsp3) is 0.444. The minimum Gasteiger partial charge on any atom is -0.481 e. The van der Waals surface area contributed by atoms with Crippen molar-refractivity contribution in [2.45, 2.75) is 20.3 Å². The average Bonchev–Trinajstić information content (AvgIpc) is 1.95. The molecule has 0 saturated carbocycles. The molecule has 11 heavy (non-hydrogen) atoms. The molecule has 0 spiro atoms. The molecule has 2 nitrogen and oxygen atoms in total. The molecule has 0 aromatic heterocycles. The normalized spacial score (nSPS) is 29.8. The topological polar surface area (TPSA) is 37.3 Å². The van der Waals surface area contributed by atoms with E-state index < -0.39 is 11.4 Å². The molecule has 0 heterocycles. The summed E-state index contributed by atoms with van der Waals surface area (Å²) in [5.41, 5.74) is 0.252. The van der Waals surface area contributed by atoms with Crippen molar-refractivity contribution in [3.8, 4) is 0 Å². The van der Waals surface area contributed by atoms with E-state index in [-0.39, 0.29) is 0 Å². The van der Waals surface area contributed by atoms with Gasteiger partial charge in [-0.25, -0.2) is 0 Å². The smallest absolute Gasteiger partial charge is 0.313 e. The Labute approximate surface area is 66.2 Å². The Hall–Kier alpha value is -1.05. The molecule has 1 N–H and O–H groups in total. The van der Waals surface area contributed by atoms with Crippen molar-refractivity contribution in [1.82, 2.24) is 0 Å². The van der Waals surface area contributed by atoms with Crippen molar-refractivity contribution in [3.63, 3.8) is 0 Å². The number of carboxylic acid groups (broad SMARTS) is 1. The maximum Gasteiger partial charge on any atom is 0.313 e. The van der Waals surface area contributed by atoms with Crippen LogP contribution >= 0.6 is 0 Å². The largest absolute Gasteiger partial charge is 0.481 e. The number of rotatable bonds is 1. The predicted octanol–water partition coefficient (Wildman–Crippen LogP) is 1.98. The quantitative estimate of drug-likeness (QED) is 0.623. The van der Waals surface area contributed by atoms with Gasteiger partial charge in [0.05, 0.1) is 5.41 Å². The lowest BCUT2D eigenvalue weighted by Crippen LogP contribution is -2.29. The van der Waals surface area contributed by atoms with Gasteiger partial charge in [0.1, 0.15) is 0 Å². The molecule has 0 radical (unpaired) electrons. The minimum atomic E-state index is -0.740. The third kappa shape index (κ3) is 1.20. The zero-order valence-corrected chi connectivity index (χ0v) is 6.79. The van der Waals surface area contributed by atoms with E-state index in [1.807, 2.05) is 25.2 Å². The minimum absolute atomic E-state index is 0.602. The Bertz CT molecular complexity index is 238. The summed E-state index contributed by atoms with van der Waals surface area (Å²) in [5, 5.41) is 8.89. The summed E-state index contributed by atoms with van der Waals surface area (Å²) >= 11 is 0. The van der Waals surface area contributed by atoms with Crippen LogP contribution in [0.2, 0.25) is 0 Å². The molecule has 1 unspecified atom stereocenters. The van der Waals surface area contributed by atoms with Crippen molar-refractivity contribution in [2.24, 2.45) is 5.41 Å². The van der Waals surface area contributed by atoms with Crippen LogP contribution in [-0.4, -0.2) is 11.1 Å². The van der Waals surface area contributed by atoms with Crippen molar-refractivity contribution < 1.29 is 9.90 Å². The van der Waals surface area contributed by atoms with Gasteiger partial charge in [-0.15, -0.1) is 0 Å². The second kappa shape index (κ2) is 2.53. The highest BCUT2D eigenvalue weighted by Crippen LogP contribution is 2.33. The number of carbonyl (C=O) groups is 1. The van der Waals surface area contributed by atoms with Crippen LogP contribution in [0.4, 0.5) is 0 Å². The molecule has 1 atom stereocenters. The summed E-state index contributed by atoms with van der Waals surface area (Å²) in [4.78, 5) is 10.8. The molecular formula is C9H12O2. The number of aliphatic carboxylic acids is 1. The van der Waals surface area contributed by atoms with Crippen LogP contribution in [0.15, 0.2) is 23.8 Å². The Morgan fingerprint density at radius 2 is 2.36 bits per heavy atom. The van der Waals surface area contributed by atoms with Gasteiger partial charge in [-0.3, -0.25) is 4.79 Å². The van der Waals surface area contributed by atoms with Gasteiger partial charge in [0.25, 0.3) is 0 Å². The third-order valence-electron chi connectivity index (χ3n) is 2.35. The molecule has 0 bridgehead atoms. The number of hydrogen-bond acceptors (Lipinski definition) is 1. The van der Waals surface area contributed by atoms with Crippen LogP contribution in [0.25, 0.3) is 0 Å². The first-order valence-electron chi connectivity index (χ1n) is 3.64. The highest BCUT2D eigenvalue weighted by atomic mass is 16.4. The summed E-state index contributed by atoms with van der Waals surface area (Å²) in [6.45, 7) is 3.61. The molecule has 0 aliphatic heterocycles. The van der Waals surface area contributed by atoms with Crippen LogP contribution in [0, 0.1) is 5.41 Å². The Balaban J connectivity index is 2.97. The zero-order valence-electron chi connectivity index (χ0n) is 6.79. The van der Waals surface area contributed by atoms with Crippen molar-refractivity contribution in [1.29, 1.82) is 0 Å². The molecule has 0 amide bonds. The van der Waals surface area contributed by atoms with Gasteiger partial charge < -0.3 is 5.11 Å². The SMILES string of the molecule is CC1=CC=CCC1(C)C(=O)O. The number of hydrogen-bond donors (Lipinski definition) is 1. The van der Waals surface area contributed by atoms with E-state index in [4.69, 9.17) is 5.11 Å². The number of allylic oxidation sites excluding steroid dienone is 3. The monoisotopic (exact) mass is 152 g/mol. The van der Waals surface area contributed by atoms with Gasteiger partial charge >= 0.3 is 5.97 Å². The molecule has 2 heteroatoms. The van der Waals surface area contributed by atoms with Gasteiger partial charge in [-0.05, 0) is 20.3 Å². The summed E-state index contributed by atoms with van der Waals surface area (Å²) in [6, 6.07) is 0. The van der Waals surface area contributed by atoms with E-state index in [1.165, 1.54) is 0 Å². The molecular weight excluding hydrogens is 140 g/mol. The van der Waals surface area contributed by atoms with Crippen molar-refractivity contribution in [2.75, 3.05) is 0 Å². The molecule has 60 valence electrons. The van der Waals surface area contributed by atoms with E-state index >= 15 is 0 Å². The molecule has 1 rings (SSSR count). The predicted molar refractivity (Wildman–Crippen MR) is 43.3 cm³/mol. The summed E-state index contributed by atoms with van der Waals surface area (Å²) in [6.07, 6.45) is 6.25. The standard InChI is InChI=1S/C9H12O2/c1-7-5-3-4-6-9(7,2)8(10)11/h3-5H,6H2,1-2H3,(H,10,11). The Morgan fingerprint density at radius 3 is 2.73 bits per heavy atom. The maximum absolute atomic E-state index is 10.8. The van der Waals surface area contributed by atoms with Gasteiger partial charge in [-0.1, -0.05) is 23.8 Å². The van der Waals surface area contributed by atoms with Crippen molar-refractivity contribution in [3.05, 3.63) is 23.8 Å². The van der Waals surface area contributed by atoms with E-state index in [9.17, 15) is 4.79 Å². The number of carboxylic acids is 1. The van der Waals surface area contributed by atoms with E-state index in [0.717, 1.165) is 5.57 Å². The summed E-state index contributed by atoms with van der Waals surface area (Å²) in [5.74, 6) is -0.740. The van der Waals surface area contributed by atoms with Crippen LogP contribution in [0.5, 0.6) is 0 Å². The molecule has 1 aliphatic rings. The summed E-state index contributed by atoms with van der Waals surface area (Å²) in [7, 11) is 0. The summed E-state index contributed by atoms with van der Waals surface area (Å²) < 4.78 is 0. The molecule has 0 fully saturated rings. The lowest BCUT2D eigenvalue weighted by atomic mass is 9.77. The van der Waals surface area contributed by atoms with E-state index in [0.29, 0.717) is 6.42 Å². The third-order valence-corrected chi connectivity index (χ3v) is 2.35. The second-order valence-electron chi connectivity index (χ2n) is 3.12. The lowest BCUT2D eigenvalue weighted by Gasteiger charge is -2.26. The Kier molecular flexibility index (Phi) is 1.85. The molecule has 0 aromatic rings. The van der Waals surface area contributed by atoms with Gasteiger partial charge in [0, 0.05) is 0 Å². The highest BCUT2D eigenvalue weighted by Gasteiger charge is 2.34. The van der Waals surface area contributed by atoms with E-state index in [1.54, 1.807) is 6.92 Å². The maximum atomic E-state index is 10.8. The van der Waals surface area contributed by atoms with E-state index in [2.05, 4.69) is 0 Å². The molecule has 0 saturated heterocycles. The van der Waals surface area contributed by atoms with Crippen LogP contribution in [-0.2, 0) is 4.79 Å². The Morgan fingerprint density at radius 1 is 1.73 bits per heavy atom. The van der Waals surface area contributed by atoms with Gasteiger partial charge in [-0.2, -0.15) is 0 Å². The van der Waals surface area contributed by atoms with Crippen LogP contribution < -0.4 is 0 Å². The molecule has 1 aliphatic carbocycles. The average molecular weight is 152 g/mol. The first kappa shape index (κ1) is 8.05. The zero-order chi connectivity index (χ0) is 8.48. The van der Waals surface area contributed by atoms with Crippen molar-refractivity contribution >= 4 is 5.97 Å². The fourth-order valence-corrected chi connectivity index (χ4v) is 1.12. The van der Waals surface area contributed by atoms with Crippen LogP contribution in [0.1, 0.15) is 20.3 Å². The lowest BCUT2D eigenvalue weighted by molar-refractivity contribution is -0.145. The highest BCUT2D eigenvalue weighted by molar-refractivity contribution is 5.78. The second-order valence-corrected chi connectivity index (χ2v) is 3.12.